The van der Waals surface area contributed by atoms with Gasteiger partial charge in [0.1, 0.15) is 11.4 Å². The van der Waals surface area contributed by atoms with Crippen molar-refractivity contribution in [2.75, 3.05) is 19.8 Å². The molecule has 0 spiro atoms. The maximum Gasteiger partial charge on any atom is 0.137 e. The Balaban J connectivity index is 2.14. The predicted molar refractivity (Wildman–Crippen MR) is 64.0 cm³/mol. The van der Waals surface area contributed by atoms with Gasteiger partial charge in [0.2, 0.25) is 0 Å². The molecule has 0 radical (unpaired) electrons. The standard InChI is InChI=1S/C13H19NO3/c1-2-5-17-12-7-11(8-14-9-12)13(15)4-3-6-16-10-13/h7-9,15H,2-6,10H2,1H3. The van der Waals surface area contributed by atoms with E-state index in [9.17, 15) is 5.11 Å². The zero-order valence-corrected chi connectivity index (χ0v) is 10.2. The van der Waals surface area contributed by atoms with E-state index >= 15 is 0 Å². The average Bonchev–Trinajstić information content (AvgIpc) is 2.38. The van der Waals surface area contributed by atoms with E-state index in [4.69, 9.17) is 9.47 Å². The summed E-state index contributed by atoms with van der Waals surface area (Å²) < 4.78 is 10.9. The second-order valence-corrected chi connectivity index (χ2v) is 4.45. The predicted octanol–water partition coefficient (Wildman–Crippen LogP) is 1.87. The van der Waals surface area contributed by atoms with Crippen LogP contribution in [-0.4, -0.2) is 29.9 Å². The molecule has 0 saturated carbocycles. The highest BCUT2D eigenvalue weighted by Crippen LogP contribution is 2.31. The monoisotopic (exact) mass is 237 g/mol. The van der Waals surface area contributed by atoms with Crippen LogP contribution in [0, 0.1) is 0 Å². The van der Waals surface area contributed by atoms with Crippen LogP contribution in [0.5, 0.6) is 5.75 Å². The molecule has 2 rings (SSSR count). The maximum atomic E-state index is 10.5. The van der Waals surface area contributed by atoms with Gasteiger partial charge in [-0.25, -0.2) is 0 Å². The highest BCUT2D eigenvalue weighted by molar-refractivity contribution is 5.28. The van der Waals surface area contributed by atoms with Crippen molar-refractivity contribution in [1.82, 2.24) is 4.98 Å². The van der Waals surface area contributed by atoms with Gasteiger partial charge in [-0.3, -0.25) is 4.98 Å². The number of rotatable bonds is 4. The Bertz CT molecular complexity index is 361. The molecule has 0 aliphatic carbocycles. The number of nitrogens with zero attached hydrogens (tertiary/aromatic N) is 1. The van der Waals surface area contributed by atoms with E-state index in [1.165, 1.54) is 0 Å². The van der Waals surface area contributed by atoms with Crippen molar-refractivity contribution in [1.29, 1.82) is 0 Å². The van der Waals surface area contributed by atoms with Gasteiger partial charge in [-0.2, -0.15) is 0 Å². The van der Waals surface area contributed by atoms with Crippen LogP contribution < -0.4 is 4.74 Å². The van der Waals surface area contributed by atoms with Gasteiger partial charge in [-0.15, -0.1) is 0 Å². The van der Waals surface area contributed by atoms with Crippen LogP contribution in [0.1, 0.15) is 31.7 Å². The van der Waals surface area contributed by atoms with Crippen molar-refractivity contribution in [2.24, 2.45) is 0 Å². The smallest absolute Gasteiger partial charge is 0.137 e. The topological polar surface area (TPSA) is 51.6 Å². The summed E-state index contributed by atoms with van der Waals surface area (Å²) in [7, 11) is 0. The van der Waals surface area contributed by atoms with E-state index in [1.807, 2.05) is 6.07 Å². The van der Waals surface area contributed by atoms with E-state index in [0.29, 0.717) is 25.4 Å². The van der Waals surface area contributed by atoms with Gasteiger partial charge in [0.25, 0.3) is 0 Å². The van der Waals surface area contributed by atoms with Gasteiger partial charge in [0.05, 0.1) is 19.4 Å². The lowest BCUT2D eigenvalue weighted by atomic mass is 9.89. The number of hydrogen-bond donors (Lipinski definition) is 1. The van der Waals surface area contributed by atoms with Crippen LogP contribution in [0.3, 0.4) is 0 Å². The molecule has 0 aromatic carbocycles. The van der Waals surface area contributed by atoms with Gasteiger partial charge in [0.15, 0.2) is 0 Å². The molecule has 0 amide bonds. The molecule has 2 heterocycles. The molecule has 1 aliphatic rings. The Hall–Kier alpha value is -1.13. The van der Waals surface area contributed by atoms with Gasteiger partial charge in [-0.05, 0) is 25.3 Å². The molecule has 1 aliphatic heterocycles. The summed E-state index contributed by atoms with van der Waals surface area (Å²) in [6, 6.07) is 1.86. The second-order valence-electron chi connectivity index (χ2n) is 4.45. The first-order chi connectivity index (χ1) is 8.24. The summed E-state index contributed by atoms with van der Waals surface area (Å²) in [6.07, 6.45) is 5.90. The van der Waals surface area contributed by atoms with Crippen LogP contribution in [0.15, 0.2) is 18.5 Å². The summed E-state index contributed by atoms with van der Waals surface area (Å²) in [6.45, 7) is 3.79. The molecule has 1 saturated heterocycles. The van der Waals surface area contributed by atoms with E-state index in [2.05, 4.69) is 11.9 Å². The summed E-state index contributed by atoms with van der Waals surface area (Å²) >= 11 is 0. The zero-order valence-electron chi connectivity index (χ0n) is 10.2. The van der Waals surface area contributed by atoms with Crippen molar-refractivity contribution in [2.45, 2.75) is 31.8 Å². The molecular formula is C13H19NO3. The van der Waals surface area contributed by atoms with E-state index in [0.717, 1.165) is 25.0 Å². The van der Waals surface area contributed by atoms with Crippen molar-refractivity contribution in [3.63, 3.8) is 0 Å². The molecule has 1 unspecified atom stereocenters. The fourth-order valence-corrected chi connectivity index (χ4v) is 1.98. The molecule has 4 nitrogen and oxygen atoms in total. The third-order valence-corrected chi connectivity index (χ3v) is 2.94. The Morgan fingerprint density at radius 3 is 3.12 bits per heavy atom. The van der Waals surface area contributed by atoms with Crippen LogP contribution in [0.2, 0.25) is 0 Å². The first kappa shape index (κ1) is 12.3. The molecule has 1 N–H and O–H groups in total. The van der Waals surface area contributed by atoms with Crippen molar-refractivity contribution < 1.29 is 14.6 Å². The summed E-state index contributed by atoms with van der Waals surface area (Å²) in [4.78, 5) is 4.12. The fourth-order valence-electron chi connectivity index (χ4n) is 1.98. The molecule has 1 aromatic heterocycles. The van der Waals surface area contributed by atoms with E-state index in [1.54, 1.807) is 12.4 Å². The average molecular weight is 237 g/mol. The van der Waals surface area contributed by atoms with Crippen LogP contribution in [0.25, 0.3) is 0 Å². The number of hydrogen-bond acceptors (Lipinski definition) is 4. The van der Waals surface area contributed by atoms with Crippen molar-refractivity contribution >= 4 is 0 Å². The molecule has 1 atom stereocenters. The quantitative estimate of drug-likeness (QED) is 0.868. The van der Waals surface area contributed by atoms with Crippen LogP contribution in [0.4, 0.5) is 0 Å². The summed E-state index contributed by atoms with van der Waals surface area (Å²) in [5.74, 6) is 0.711. The highest BCUT2D eigenvalue weighted by atomic mass is 16.5. The Morgan fingerprint density at radius 1 is 1.53 bits per heavy atom. The van der Waals surface area contributed by atoms with E-state index in [-0.39, 0.29) is 0 Å². The van der Waals surface area contributed by atoms with Crippen LogP contribution >= 0.6 is 0 Å². The molecular weight excluding hydrogens is 218 g/mol. The van der Waals surface area contributed by atoms with Crippen molar-refractivity contribution in [3.05, 3.63) is 24.0 Å². The Morgan fingerprint density at radius 2 is 2.41 bits per heavy atom. The van der Waals surface area contributed by atoms with Crippen LogP contribution in [-0.2, 0) is 10.3 Å². The van der Waals surface area contributed by atoms with Crippen molar-refractivity contribution in [3.8, 4) is 5.75 Å². The molecule has 1 aromatic rings. The zero-order chi connectivity index (χ0) is 12.1. The molecule has 1 fully saturated rings. The normalized spacial score (nSPS) is 24.6. The SMILES string of the molecule is CCCOc1cncc(C2(O)CCCOC2)c1. The van der Waals surface area contributed by atoms with Gasteiger partial charge < -0.3 is 14.6 Å². The third-order valence-electron chi connectivity index (χ3n) is 2.94. The lowest BCUT2D eigenvalue weighted by Crippen LogP contribution is -2.35. The molecule has 4 heteroatoms. The first-order valence-corrected chi connectivity index (χ1v) is 6.13. The minimum absolute atomic E-state index is 0.339. The third kappa shape index (κ3) is 2.96. The molecule has 94 valence electrons. The van der Waals surface area contributed by atoms with Gasteiger partial charge in [-0.1, -0.05) is 6.92 Å². The molecule has 0 bridgehead atoms. The van der Waals surface area contributed by atoms with E-state index < -0.39 is 5.60 Å². The number of pyridine rings is 1. The second kappa shape index (κ2) is 5.47. The largest absolute Gasteiger partial charge is 0.492 e. The lowest BCUT2D eigenvalue weighted by molar-refractivity contribution is -0.0905. The molecule has 17 heavy (non-hydrogen) atoms. The highest BCUT2D eigenvalue weighted by Gasteiger charge is 2.32. The minimum Gasteiger partial charge on any atom is -0.492 e. The maximum absolute atomic E-state index is 10.5. The summed E-state index contributed by atoms with van der Waals surface area (Å²) in [5, 5.41) is 10.5. The Labute approximate surface area is 102 Å². The number of aromatic nitrogens is 1. The minimum atomic E-state index is -0.906. The summed E-state index contributed by atoms with van der Waals surface area (Å²) in [5.41, 5.74) is -0.123. The number of aliphatic hydroxyl groups is 1. The first-order valence-electron chi connectivity index (χ1n) is 6.13. The lowest BCUT2D eigenvalue weighted by Gasteiger charge is -2.32. The van der Waals surface area contributed by atoms with Gasteiger partial charge >= 0.3 is 0 Å². The Kier molecular flexibility index (Phi) is 3.97. The van der Waals surface area contributed by atoms with Gasteiger partial charge in [0, 0.05) is 18.4 Å². The fraction of sp³-hybridized carbons (Fsp3) is 0.615. The number of ether oxygens (including phenoxy) is 2.